The van der Waals surface area contributed by atoms with Crippen LogP contribution in [0.5, 0.6) is 0 Å². The molecular formula is C19H26O4. The molecule has 0 spiro atoms. The van der Waals surface area contributed by atoms with E-state index in [2.05, 4.69) is 0 Å². The van der Waals surface area contributed by atoms with Crippen LogP contribution in [0, 0.1) is 0 Å². The van der Waals surface area contributed by atoms with Crippen molar-refractivity contribution in [1.29, 1.82) is 0 Å². The van der Waals surface area contributed by atoms with E-state index in [0.29, 0.717) is 0 Å². The van der Waals surface area contributed by atoms with Crippen molar-refractivity contribution in [2.45, 2.75) is 70.3 Å². The van der Waals surface area contributed by atoms with E-state index in [9.17, 15) is 14.7 Å². The van der Waals surface area contributed by atoms with E-state index in [0.717, 1.165) is 25.7 Å². The Labute approximate surface area is 137 Å². The Kier molecular flexibility index (Phi) is 7.11. The van der Waals surface area contributed by atoms with Crippen molar-refractivity contribution in [3.05, 3.63) is 35.4 Å². The van der Waals surface area contributed by atoms with Crippen LogP contribution in [-0.2, 0) is 4.74 Å². The fraction of sp³-hybridized carbons (Fsp3) is 0.579. The Morgan fingerprint density at radius 3 is 1.83 bits per heavy atom. The van der Waals surface area contributed by atoms with Crippen molar-refractivity contribution < 1.29 is 19.4 Å². The molecule has 0 heterocycles. The second-order valence-corrected chi connectivity index (χ2v) is 6.28. The lowest BCUT2D eigenvalue weighted by molar-refractivity contribution is 0.0245. The Morgan fingerprint density at radius 2 is 1.30 bits per heavy atom. The van der Waals surface area contributed by atoms with Gasteiger partial charge in [-0.1, -0.05) is 50.7 Å². The van der Waals surface area contributed by atoms with Crippen LogP contribution in [0.1, 0.15) is 84.9 Å². The molecule has 126 valence electrons. The largest absolute Gasteiger partial charge is 0.478 e. The van der Waals surface area contributed by atoms with E-state index in [1.54, 1.807) is 12.1 Å². The molecule has 1 aliphatic rings. The lowest BCUT2D eigenvalue weighted by Crippen LogP contribution is -2.20. The van der Waals surface area contributed by atoms with Crippen LogP contribution in [0.4, 0.5) is 0 Å². The van der Waals surface area contributed by atoms with Gasteiger partial charge in [0.05, 0.1) is 11.1 Å². The molecular weight excluding hydrogens is 292 g/mol. The molecule has 1 aromatic carbocycles. The van der Waals surface area contributed by atoms with Gasteiger partial charge in [-0.25, -0.2) is 9.59 Å². The van der Waals surface area contributed by atoms with Crippen LogP contribution < -0.4 is 0 Å². The predicted molar refractivity (Wildman–Crippen MR) is 88.8 cm³/mol. The maximum atomic E-state index is 12.4. The molecule has 1 aliphatic carbocycles. The minimum Gasteiger partial charge on any atom is -0.478 e. The highest BCUT2D eigenvalue weighted by molar-refractivity contribution is 6.02. The van der Waals surface area contributed by atoms with Gasteiger partial charge in [-0.2, -0.15) is 0 Å². The first kappa shape index (κ1) is 17.5. The summed E-state index contributed by atoms with van der Waals surface area (Å²) in [4.78, 5) is 23.6. The molecule has 1 saturated carbocycles. The fourth-order valence-electron chi connectivity index (χ4n) is 3.13. The van der Waals surface area contributed by atoms with Gasteiger partial charge in [-0.05, 0) is 37.8 Å². The van der Waals surface area contributed by atoms with Crippen molar-refractivity contribution in [2.24, 2.45) is 0 Å². The van der Waals surface area contributed by atoms with Crippen LogP contribution in [0.15, 0.2) is 24.3 Å². The summed E-state index contributed by atoms with van der Waals surface area (Å²) in [7, 11) is 0. The second kappa shape index (κ2) is 9.33. The summed E-state index contributed by atoms with van der Waals surface area (Å²) in [6.07, 6.45) is 11.3. The van der Waals surface area contributed by atoms with Gasteiger partial charge in [-0.15, -0.1) is 0 Å². The molecule has 1 aromatic rings. The molecule has 0 amide bonds. The maximum Gasteiger partial charge on any atom is 0.339 e. The molecule has 1 N–H and O–H groups in total. The number of rotatable bonds is 3. The van der Waals surface area contributed by atoms with Crippen LogP contribution in [0.3, 0.4) is 0 Å². The average molecular weight is 318 g/mol. The highest BCUT2D eigenvalue weighted by Crippen LogP contribution is 2.20. The summed E-state index contributed by atoms with van der Waals surface area (Å²) in [6, 6.07) is 6.25. The van der Waals surface area contributed by atoms with Crippen molar-refractivity contribution in [3.63, 3.8) is 0 Å². The molecule has 0 aromatic heterocycles. The number of aromatic carboxylic acids is 1. The topological polar surface area (TPSA) is 63.6 Å². The molecule has 2 rings (SSSR count). The Hall–Kier alpha value is -1.84. The zero-order valence-corrected chi connectivity index (χ0v) is 13.6. The summed E-state index contributed by atoms with van der Waals surface area (Å²) in [5.74, 6) is -1.61. The van der Waals surface area contributed by atoms with Gasteiger partial charge in [0.2, 0.25) is 0 Å². The first-order valence-corrected chi connectivity index (χ1v) is 8.72. The Morgan fingerprint density at radius 1 is 0.826 bits per heavy atom. The number of carbonyl (C=O) groups is 2. The summed E-state index contributed by atoms with van der Waals surface area (Å²) >= 11 is 0. The van der Waals surface area contributed by atoms with Gasteiger partial charge in [0.25, 0.3) is 0 Å². The number of carboxylic acids is 1. The minimum absolute atomic E-state index is 0.00849. The van der Waals surface area contributed by atoms with E-state index < -0.39 is 11.9 Å². The molecule has 0 radical (unpaired) electrons. The molecule has 23 heavy (non-hydrogen) atoms. The lowest BCUT2D eigenvalue weighted by Gasteiger charge is -2.18. The minimum atomic E-state index is -1.10. The van der Waals surface area contributed by atoms with Gasteiger partial charge in [-0.3, -0.25) is 0 Å². The highest BCUT2D eigenvalue weighted by atomic mass is 16.5. The summed E-state index contributed by atoms with van der Waals surface area (Å²) in [5, 5.41) is 9.19. The maximum absolute atomic E-state index is 12.4. The van der Waals surface area contributed by atoms with Gasteiger partial charge < -0.3 is 9.84 Å². The van der Waals surface area contributed by atoms with Crippen molar-refractivity contribution in [2.75, 3.05) is 0 Å². The highest BCUT2D eigenvalue weighted by Gasteiger charge is 2.21. The van der Waals surface area contributed by atoms with Gasteiger partial charge in [0.15, 0.2) is 0 Å². The van der Waals surface area contributed by atoms with Gasteiger partial charge in [0.1, 0.15) is 6.10 Å². The SMILES string of the molecule is O=C(O)c1ccccc1C(=O)OC1CCCCCCCCCC1. The molecule has 0 saturated heterocycles. The zero-order chi connectivity index (χ0) is 16.5. The number of carbonyl (C=O) groups excluding carboxylic acids is 1. The van der Waals surface area contributed by atoms with Crippen molar-refractivity contribution in [1.82, 2.24) is 0 Å². The summed E-state index contributed by atoms with van der Waals surface area (Å²) in [6.45, 7) is 0. The molecule has 4 heteroatoms. The zero-order valence-electron chi connectivity index (χ0n) is 13.6. The molecule has 0 bridgehead atoms. The van der Waals surface area contributed by atoms with Crippen LogP contribution in [-0.4, -0.2) is 23.1 Å². The number of benzene rings is 1. The van der Waals surface area contributed by atoms with E-state index in [-0.39, 0.29) is 17.2 Å². The van der Waals surface area contributed by atoms with Crippen LogP contribution >= 0.6 is 0 Å². The third kappa shape index (κ3) is 5.70. The third-order valence-electron chi connectivity index (χ3n) is 4.45. The number of ether oxygens (including phenoxy) is 1. The molecule has 4 nitrogen and oxygen atoms in total. The number of esters is 1. The summed E-state index contributed by atoms with van der Waals surface area (Å²) < 4.78 is 5.64. The quantitative estimate of drug-likeness (QED) is 0.811. The average Bonchev–Trinajstić information content (AvgIpc) is 2.61. The van der Waals surface area contributed by atoms with Gasteiger partial charge in [0, 0.05) is 0 Å². The number of hydrogen-bond donors (Lipinski definition) is 1. The fourth-order valence-corrected chi connectivity index (χ4v) is 3.13. The van der Waals surface area contributed by atoms with Crippen molar-refractivity contribution in [3.8, 4) is 0 Å². The Bertz CT molecular complexity index is 512. The normalized spacial score (nSPS) is 17.9. The van der Waals surface area contributed by atoms with Gasteiger partial charge >= 0.3 is 11.9 Å². The van der Waals surface area contributed by atoms with E-state index in [1.165, 1.54) is 50.7 Å². The Balaban J connectivity index is 2.00. The predicted octanol–water partition coefficient (Wildman–Crippen LogP) is 4.82. The second-order valence-electron chi connectivity index (χ2n) is 6.28. The smallest absolute Gasteiger partial charge is 0.339 e. The van der Waals surface area contributed by atoms with E-state index in [1.807, 2.05) is 0 Å². The molecule has 0 aliphatic heterocycles. The van der Waals surface area contributed by atoms with Crippen LogP contribution in [0.2, 0.25) is 0 Å². The first-order valence-electron chi connectivity index (χ1n) is 8.72. The van der Waals surface area contributed by atoms with Crippen LogP contribution in [0.25, 0.3) is 0 Å². The molecule has 0 unspecified atom stereocenters. The molecule has 0 atom stereocenters. The number of hydrogen-bond acceptors (Lipinski definition) is 3. The third-order valence-corrected chi connectivity index (χ3v) is 4.45. The lowest BCUT2D eigenvalue weighted by atomic mass is 10.0. The monoisotopic (exact) mass is 318 g/mol. The number of carboxylic acid groups (broad SMARTS) is 1. The van der Waals surface area contributed by atoms with E-state index in [4.69, 9.17) is 4.74 Å². The standard InChI is InChI=1S/C19H26O4/c20-18(21)16-13-9-10-14-17(16)19(22)23-15-11-7-5-3-1-2-4-6-8-12-15/h9-10,13-15H,1-8,11-12H2,(H,20,21). The summed E-state index contributed by atoms with van der Waals surface area (Å²) in [5.41, 5.74) is 0.156. The molecule has 1 fully saturated rings. The van der Waals surface area contributed by atoms with E-state index >= 15 is 0 Å². The van der Waals surface area contributed by atoms with Crippen molar-refractivity contribution >= 4 is 11.9 Å². The first-order chi connectivity index (χ1) is 11.2.